The van der Waals surface area contributed by atoms with Gasteiger partial charge in [-0.25, -0.2) is 9.78 Å². The molecule has 1 amide bonds. The molecule has 0 radical (unpaired) electrons. The topological polar surface area (TPSA) is 67.8 Å². The maximum atomic E-state index is 12.5. The van der Waals surface area contributed by atoms with Crippen molar-refractivity contribution in [2.75, 3.05) is 26.2 Å². The lowest BCUT2D eigenvalue weighted by Crippen LogP contribution is -2.49. The van der Waals surface area contributed by atoms with Crippen molar-refractivity contribution in [3.8, 4) is 17.4 Å². The Bertz CT molecular complexity index is 960. The lowest BCUT2D eigenvalue weighted by molar-refractivity contribution is 0.108. The van der Waals surface area contributed by atoms with Crippen molar-refractivity contribution in [2.24, 2.45) is 0 Å². The highest BCUT2D eigenvalue weighted by Crippen LogP contribution is 2.23. The summed E-state index contributed by atoms with van der Waals surface area (Å²) in [5, 5.41) is 0.544. The summed E-state index contributed by atoms with van der Waals surface area (Å²) in [6.07, 6.45) is 4.81. The molecule has 0 unspecified atom stereocenters. The van der Waals surface area contributed by atoms with Crippen LogP contribution in [0.4, 0.5) is 4.79 Å². The Morgan fingerprint density at radius 1 is 0.967 bits per heavy atom. The predicted octanol–water partition coefficient (Wildman–Crippen LogP) is 4.24. The van der Waals surface area contributed by atoms with Crippen LogP contribution in [0, 0.1) is 0 Å². The predicted molar refractivity (Wildman–Crippen MR) is 113 cm³/mol. The van der Waals surface area contributed by atoms with E-state index in [-0.39, 0.29) is 6.09 Å². The molecule has 0 bridgehead atoms. The van der Waals surface area contributed by atoms with Gasteiger partial charge in [-0.1, -0.05) is 17.7 Å². The van der Waals surface area contributed by atoms with Crippen LogP contribution in [-0.2, 0) is 6.54 Å². The largest absolute Gasteiger partial charge is 0.439 e. The van der Waals surface area contributed by atoms with Gasteiger partial charge in [0.05, 0.1) is 5.02 Å². The molecule has 0 aliphatic carbocycles. The van der Waals surface area contributed by atoms with Gasteiger partial charge in [-0.2, -0.15) is 0 Å². The second-order valence-electron chi connectivity index (χ2n) is 6.88. The number of nitrogens with zero attached hydrogens (tertiary/aromatic N) is 4. The van der Waals surface area contributed by atoms with E-state index in [1.807, 2.05) is 12.3 Å². The molecular weight excluding hydrogens is 404 g/mol. The molecule has 154 valence electrons. The van der Waals surface area contributed by atoms with E-state index in [4.69, 9.17) is 21.1 Å². The number of benzene rings is 1. The van der Waals surface area contributed by atoms with Crippen molar-refractivity contribution >= 4 is 17.7 Å². The third-order valence-electron chi connectivity index (χ3n) is 4.71. The van der Waals surface area contributed by atoms with Gasteiger partial charge in [-0.05, 0) is 42.0 Å². The first kappa shape index (κ1) is 20.1. The summed E-state index contributed by atoms with van der Waals surface area (Å²) in [6.45, 7) is 3.68. The molecule has 7 nitrogen and oxygen atoms in total. The number of hydrogen-bond donors (Lipinski definition) is 0. The smallest absolute Gasteiger partial charge is 0.415 e. The Morgan fingerprint density at radius 3 is 2.40 bits per heavy atom. The number of carbonyl (C=O) groups is 1. The van der Waals surface area contributed by atoms with Crippen LogP contribution >= 0.6 is 11.6 Å². The van der Waals surface area contributed by atoms with Crippen LogP contribution < -0.4 is 9.47 Å². The fourth-order valence-corrected chi connectivity index (χ4v) is 3.23. The van der Waals surface area contributed by atoms with Gasteiger partial charge in [0.1, 0.15) is 11.5 Å². The average molecular weight is 425 g/mol. The van der Waals surface area contributed by atoms with Gasteiger partial charge in [0.15, 0.2) is 0 Å². The summed E-state index contributed by atoms with van der Waals surface area (Å²) in [5.74, 6) is 1.50. The van der Waals surface area contributed by atoms with Gasteiger partial charge in [0.2, 0.25) is 5.88 Å². The second kappa shape index (κ2) is 9.56. The van der Waals surface area contributed by atoms with Crippen LogP contribution in [0.25, 0.3) is 0 Å². The van der Waals surface area contributed by atoms with E-state index in [2.05, 4.69) is 20.9 Å². The number of piperazine rings is 1. The number of halogens is 1. The summed E-state index contributed by atoms with van der Waals surface area (Å²) < 4.78 is 11.1. The number of amides is 1. The second-order valence-corrected chi connectivity index (χ2v) is 7.32. The zero-order chi connectivity index (χ0) is 20.8. The number of aromatic nitrogens is 2. The summed E-state index contributed by atoms with van der Waals surface area (Å²) in [6, 6.07) is 14.2. The number of hydrogen-bond acceptors (Lipinski definition) is 6. The highest BCUT2D eigenvalue weighted by atomic mass is 35.5. The van der Waals surface area contributed by atoms with Crippen LogP contribution in [0.15, 0.2) is 67.1 Å². The first-order valence-electron chi connectivity index (χ1n) is 9.63. The van der Waals surface area contributed by atoms with Crippen molar-refractivity contribution < 1.29 is 14.3 Å². The number of carbonyl (C=O) groups excluding carboxylic acids is 1. The minimum atomic E-state index is -0.343. The fraction of sp³-hybridized carbons (Fsp3) is 0.227. The Hall–Kier alpha value is -3.16. The van der Waals surface area contributed by atoms with E-state index < -0.39 is 0 Å². The molecular formula is C22H21ClN4O3. The Balaban J connectivity index is 1.25. The Labute approximate surface area is 179 Å². The molecule has 4 rings (SSSR count). The van der Waals surface area contributed by atoms with Crippen LogP contribution in [0.2, 0.25) is 5.02 Å². The molecule has 30 heavy (non-hydrogen) atoms. The highest BCUT2D eigenvalue weighted by molar-refractivity contribution is 6.30. The van der Waals surface area contributed by atoms with E-state index in [9.17, 15) is 4.79 Å². The van der Waals surface area contributed by atoms with Crippen molar-refractivity contribution in [3.05, 3.63) is 77.7 Å². The van der Waals surface area contributed by atoms with E-state index in [0.29, 0.717) is 35.5 Å². The van der Waals surface area contributed by atoms with Crippen molar-refractivity contribution in [1.82, 2.24) is 19.8 Å². The Kier molecular flexibility index (Phi) is 6.41. The molecule has 8 heteroatoms. The normalized spacial score (nSPS) is 14.4. The van der Waals surface area contributed by atoms with Gasteiger partial charge < -0.3 is 14.4 Å². The Morgan fingerprint density at radius 2 is 1.73 bits per heavy atom. The van der Waals surface area contributed by atoms with Crippen LogP contribution in [0.5, 0.6) is 17.4 Å². The average Bonchev–Trinajstić information content (AvgIpc) is 2.78. The summed E-state index contributed by atoms with van der Waals surface area (Å²) >= 11 is 5.82. The zero-order valence-corrected chi connectivity index (χ0v) is 17.0. The van der Waals surface area contributed by atoms with Crippen LogP contribution in [0.3, 0.4) is 0 Å². The lowest BCUT2D eigenvalue weighted by Gasteiger charge is -2.33. The van der Waals surface area contributed by atoms with Gasteiger partial charge in [-0.3, -0.25) is 9.88 Å². The summed E-state index contributed by atoms with van der Waals surface area (Å²) in [5.41, 5.74) is 1.17. The minimum Gasteiger partial charge on any atom is -0.439 e. The third kappa shape index (κ3) is 5.46. The van der Waals surface area contributed by atoms with E-state index in [0.717, 1.165) is 19.6 Å². The van der Waals surface area contributed by atoms with Gasteiger partial charge >= 0.3 is 6.09 Å². The van der Waals surface area contributed by atoms with Gasteiger partial charge in [0, 0.05) is 57.4 Å². The summed E-state index contributed by atoms with van der Waals surface area (Å²) in [7, 11) is 0. The highest BCUT2D eigenvalue weighted by Gasteiger charge is 2.22. The zero-order valence-electron chi connectivity index (χ0n) is 16.3. The quantitative estimate of drug-likeness (QED) is 0.610. The monoisotopic (exact) mass is 424 g/mol. The molecule has 2 aromatic heterocycles. The molecule has 0 spiro atoms. The molecule has 0 atom stereocenters. The van der Waals surface area contributed by atoms with Crippen molar-refractivity contribution in [3.63, 3.8) is 0 Å². The first-order valence-corrected chi connectivity index (χ1v) is 10.0. The first-order chi connectivity index (χ1) is 14.7. The van der Waals surface area contributed by atoms with Crippen molar-refractivity contribution in [1.29, 1.82) is 0 Å². The molecule has 1 aromatic carbocycles. The third-order valence-corrected chi connectivity index (χ3v) is 4.93. The fourth-order valence-electron chi connectivity index (χ4n) is 3.12. The van der Waals surface area contributed by atoms with Gasteiger partial charge in [-0.15, -0.1) is 0 Å². The standard InChI is InChI=1S/C22H21ClN4O3/c23-18-3-8-21(25-15-18)29-19-4-6-20(7-5-19)30-22(28)27-12-10-26(11-13-27)16-17-2-1-9-24-14-17/h1-9,14-15H,10-13,16H2. The molecule has 3 heterocycles. The van der Waals surface area contributed by atoms with Crippen LogP contribution in [-0.4, -0.2) is 52.0 Å². The number of pyridine rings is 2. The number of rotatable bonds is 5. The van der Waals surface area contributed by atoms with E-state index in [1.54, 1.807) is 47.5 Å². The van der Waals surface area contributed by atoms with Gasteiger partial charge in [0.25, 0.3) is 0 Å². The van der Waals surface area contributed by atoms with Crippen LogP contribution in [0.1, 0.15) is 5.56 Å². The molecule has 1 aliphatic heterocycles. The summed E-state index contributed by atoms with van der Waals surface area (Å²) in [4.78, 5) is 24.7. The molecule has 3 aromatic rings. The van der Waals surface area contributed by atoms with E-state index in [1.165, 1.54) is 11.8 Å². The SMILES string of the molecule is O=C(Oc1ccc(Oc2ccc(Cl)cn2)cc1)N1CCN(Cc2cccnc2)CC1. The maximum Gasteiger partial charge on any atom is 0.415 e. The molecule has 1 saturated heterocycles. The molecule has 0 saturated carbocycles. The van der Waals surface area contributed by atoms with Crippen molar-refractivity contribution in [2.45, 2.75) is 6.54 Å². The number of ether oxygens (including phenoxy) is 2. The maximum absolute atomic E-state index is 12.5. The molecule has 1 aliphatic rings. The molecule has 1 fully saturated rings. The minimum absolute atomic E-state index is 0.343. The molecule has 0 N–H and O–H groups in total. The van der Waals surface area contributed by atoms with E-state index >= 15 is 0 Å². The lowest BCUT2D eigenvalue weighted by atomic mass is 10.2.